The van der Waals surface area contributed by atoms with Gasteiger partial charge in [-0.05, 0) is 26.7 Å². The van der Waals surface area contributed by atoms with E-state index in [1.54, 1.807) is 17.0 Å². The first-order valence-electron chi connectivity index (χ1n) is 8.64. The van der Waals surface area contributed by atoms with E-state index in [-0.39, 0.29) is 12.0 Å². The highest BCUT2D eigenvalue weighted by Crippen LogP contribution is 2.39. The van der Waals surface area contributed by atoms with Crippen molar-refractivity contribution in [2.75, 3.05) is 18.1 Å². The van der Waals surface area contributed by atoms with Crippen molar-refractivity contribution in [2.45, 2.75) is 32.7 Å². The van der Waals surface area contributed by atoms with Gasteiger partial charge >= 0.3 is 5.97 Å². The molecule has 1 fully saturated rings. The second-order valence-corrected chi connectivity index (χ2v) is 7.13. The maximum Gasteiger partial charge on any atom is 0.357 e. The highest BCUT2D eigenvalue weighted by molar-refractivity contribution is 7.10. The highest BCUT2D eigenvalue weighted by Gasteiger charge is 2.32. The zero-order chi connectivity index (χ0) is 18.3. The fourth-order valence-corrected chi connectivity index (χ4v) is 4.28. The minimum Gasteiger partial charge on any atom is -0.461 e. The Kier molecular flexibility index (Phi) is 4.31. The van der Waals surface area contributed by atoms with E-state index in [0.29, 0.717) is 18.1 Å². The van der Waals surface area contributed by atoms with Gasteiger partial charge in [0.05, 0.1) is 24.2 Å². The standard InChI is InChI=1S/C17H20N6O2S/c1-4-25-17(24)12-9-26-16(21-12)13-6-5-7-23(13)15-11-8-18-22(3)14(11)19-10(2)20-15/h8-9,13H,4-7H2,1-3H3. The Hall–Kier alpha value is -2.55. The first-order valence-corrected chi connectivity index (χ1v) is 9.52. The van der Waals surface area contributed by atoms with Crippen LogP contribution in [-0.2, 0) is 11.8 Å². The third kappa shape index (κ3) is 2.82. The molecule has 0 bridgehead atoms. The van der Waals surface area contributed by atoms with Crippen molar-refractivity contribution in [1.29, 1.82) is 0 Å². The molecule has 3 aromatic heterocycles. The second kappa shape index (κ2) is 6.64. The van der Waals surface area contributed by atoms with Crippen molar-refractivity contribution in [3.05, 3.63) is 28.1 Å². The van der Waals surface area contributed by atoms with Crippen molar-refractivity contribution in [1.82, 2.24) is 24.7 Å². The van der Waals surface area contributed by atoms with E-state index in [9.17, 15) is 4.79 Å². The normalized spacial score (nSPS) is 17.2. The number of nitrogens with zero attached hydrogens (tertiary/aromatic N) is 6. The molecule has 0 radical (unpaired) electrons. The van der Waals surface area contributed by atoms with Crippen molar-refractivity contribution < 1.29 is 9.53 Å². The molecule has 4 heterocycles. The van der Waals surface area contributed by atoms with Crippen LogP contribution in [0.15, 0.2) is 11.6 Å². The van der Waals surface area contributed by atoms with Crippen LogP contribution in [0.2, 0.25) is 0 Å². The maximum absolute atomic E-state index is 11.9. The molecule has 9 heteroatoms. The van der Waals surface area contributed by atoms with Crippen LogP contribution in [0.5, 0.6) is 0 Å². The Balaban J connectivity index is 1.71. The number of thiazole rings is 1. The Labute approximate surface area is 154 Å². The fraction of sp³-hybridized carbons (Fsp3) is 0.471. The Morgan fingerprint density at radius 3 is 3.04 bits per heavy atom. The van der Waals surface area contributed by atoms with Gasteiger partial charge in [0.25, 0.3) is 0 Å². The summed E-state index contributed by atoms with van der Waals surface area (Å²) in [7, 11) is 1.88. The summed E-state index contributed by atoms with van der Waals surface area (Å²) in [6.07, 6.45) is 3.83. The highest BCUT2D eigenvalue weighted by atomic mass is 32.1. The van der Waals surface area contributed by atoms with E-state index in [1.165, 1.54) is 11.3 Å². The third-order valence-corrected chi connectivity index (χ3v) is 5.45. The summed E-state index contributed by atoms with van der Waals surface area (Å²) in [5.74, 6) is 1.23. The predicted octanol–water partition coefficient (Wildman–Crippen LogP) is 2.65. The molecule has 1 unspecified atom stereocenters. The number of aromatic nitrogens is 5. The van der Waals surface area contributed by atoms with Crippen molar-refractivity contribution in [3.8, 4) is 0 Å². The number of hydrogen-bond acceptors (Lipinski definition) is 8. The molecule has 8 nitrogen and oxygen atoms in total. The number of ether oxygens (including phenoxy) is 1. The monoisotopic (exact) mass is 372 g/mol. The summed E-state index contributed by atoms with van der Waals surface area (Å²) in [5, 5.41) is 7.95. The second-order valence-electron chi connectivity index (χ2n) is 6.24. The first kappa shape index (κ1) is 16.9. The van der Waals surface area contributed by atoms with Crippen LogP contribution in [0.3, 0.4) is 0 Å². The number of hydrogen-bond donors (Lipinski definition) is 0. The molecular weight excluding hydrogens is 352 g/mol. The average Bonchev–Trinajstić information content (AvgIpc) is 3.34. The summed E-state index contributed by atoms with van der Waals surface area (Å²) >= 11 is 1.50. The molecule has 4 rings (SSSR count). The summed E-state index contributed by atoms with van der Waals surface area (Å²) in [6.45, 7) is 4.92. The van der Waals surface area contributed by atoms with Crippen molar-refractivity contribution in [2.24, 2.45) is 7.05 Å². The molecule has 0 aliphatic carbocycles. The Morgan fingerprint density at radius 2 is 2.23 bits per heavy atom. The molecule has 136 valence electrons. The zero-order valence-electron chi connectivity index (χ0n) is 15.0. The summed E-state index contributed by atoms with van der Waals surface area (Å²) in [6, 6.07) is 0.0980. The van der Waals surface area contributed by atoms with Gasteiger partial charge in [-0.2, -0.15) is 5.10 Å². The summed E-state index contributed by atoms with van der Waals surface area (Å²) in [5.41, 5.74) is 1.20. The molecule has 1 aliphatic heterocycles. The van der Waals surface area contributed by atoms with Gasteiger partial charge in [0.2, 0.25) is 0 Å². The fourth-order valence-electron chi connectivity index (χ4n) is 3.35. The molecule has 0 saturated carbocycles. The van der Waals surface area contributed by atoms with Crippen LogP contribution < -0.4 is 4.90 Å². The van der Waals surface area contributed by atoms with Crippen LogP contribution >= 0.6 is 11.3 Å². The Bertz CT molecular complexity index is 965. The zero-order valence-corrected chi connectivity index (χ0v) is 15.8. The average molecular weight is 372 g/mol. The number of carbonyl (C=O) groups excluding carboxylic acids is 1. The minimum absolute atomic E-state index is 0.0980. The van der Waals surface area contributed by atoms with Crippen LogP contribution in [0.4, 0.5) is 5.82 Å². The SMILES string of the molecule is CCOC(=O)c1csc(C2CCCN2c2nc(C)nc3c2cnn3C)n1. The number of fused-ring (bicyclic) bond motifs is 1. The van der Waals surface area contributed by atoms with Gasteiger partial charge in [0, 0.05) is 19.0 Å². The minimum atomic E-state index is -0.368. The lowest BCUT2D eigenvalue weighted by atomic mass is 10.2. The molecule has 0 amide bonds. The van der Waals surface area contributed by atoms with E-state index in [0.717, 1.165) is 41.2 Å². The van der Waals surface area contributed by atoms with Gasteiger partial charge in [-0.15, -0.1) is 11.3 Å². The lowest BCUT2D eigenvalue weighted by Gasteiger charge is -2.24. The molecule has 26 heavy (non-hydrogen) atoms. The number of carbonyl (C=O) groups is 1. The van der Waals surface area contributed by atoms with E-state index in [1.807, 2.05) is 20.2 Å². The van der Waals surface area contributed by atoms with Gasteiger partial charge < -0.3 is 9.64 Å². The van der Waals surface area contributed by atoms with E-state index >= 15 is 0 Å². The first-order chi connectivity index (χ1) is 12.6. The van der Waals surface area contributed by atoms with Gasteiger partial charge in [0.1, 0.15) is 16.6 Å². The summed E-state index contributed by atoms with van der Waals surface area (Å²) in [4.78, 5) is 27.9. The predicted molar refractivity (Wildman–Crippen MR) is 98.4 cm³/mol. The van der Waals surface area contributed by atoms with Crippen molar-refractivity contribution >= 4 is 34.2 Å². The van der Waals surface area contributed by atoms with E-state index in [4.69, 9.17) is 9.72 Å². The molecule has 0 spiro atoms. The number of anilines is 1. The topological polar surface area (TPSA) is 86.0 Å². The molecule has 0 N–H and O–H groups in total. The largest absolute Gasteiger partial charge is 0.461 e. The van der Waals surface area contributed by atoms with Crippen LogP contribution in [-0.4, -0.2) is 43.9 Å². The lowest BCUT2D eigenvalue weighted by molar-refractivity contribution is 0.0520. The third-order valence-electron chi connectivity index (χ3n) is 4.50. The molecule has 1 saturated heterocycles. The number of rotatable bonds is 4. The Morgan fingerprint density at radius 1 is 1.38 bits per heavy atom. The van der Waals surface area contributed by atoms with Crippen molar-refractivity contribution in [3.63, 3.8) is 0 Å². The molecule has 1 atom stereocenters. The maximum atomic E-state index is 11.9. The number of esters is 1. The van der Waals surface area contributed by atoms with Gasteiger partial charge in [-0.3, -0.25) is 4.68 Å². The van der Waals surface area contributed by atoms with E-state index < -0.39 is 0 Å². The van der Waals surface area contributed by atoms with E-state index in [2.05, 4.69) is 20.0 Å². The lowest BCUT2D eigenvalue weighted by Crippen LogP contribution is -2.24. The van der Waals surface area contributed by atoms with Gasteiger partial charge in [-0.1, -0.05) is 0 Å². The molecule has 1 aliphatic rings. The molecular formula is C17H20N6O2S. The molecule has 0 aromatic carbocycles. The van der Waals surface area contributed by atoms with Gasteiger partial charge in [0.15, 0.2) is 11.3 Å². The van der Waals surface area contributed by atoms with Gasteiger partial charge in [-0.25, -0.2) is 19.7 Å². The number of aryl methyl sites for hydroxylation is 2. The molecule has 3 aromatic rings. The van der Waals surface area contributed by atoms with Crippen LogP contribution in [0, 0.1) is 6.92 Å². The van der Waals surface area contributed by atoms with Crippen LogP contribution in [0.1, 0.15) is 47.1 Å². The smallest absolute Gasteiger partial charge is 0.357 e. The van der Waals surface area contributed by atoms with Crippen LogP contribution in [0.25, 0.3) is 11.0 Å². The quantitative estimate of drug-likeness (QED) is 0.651. The summed E-state index contributed by atoms with van der Waals surface area (Å²) < 4.78 is 6.82.